The summed E-state index contributed by atoms with van der Waals surface area (Å²) in [4.78, 5) is 0. The molecule has 1 fully saturated rings. The van der Waals surface area contributed by atoms with E-state index in [1.807, 2.05) is 14.0 Å². The second-order valence-corrected chi connectivity index (χ2v) is 4.51. The molecule has 17 heavy (non-hydrogen) atoms. The number of nitrogen functional groups attached to an aromatic ring is 1. The van der Waals surface area contributed by atoms with Gasteiger partial charge in [0.25, 0.3) is 0 Å². The van der Waals surface area contributed by atoms with Gasteiger partial charge in [-0.3, -0.25) is 0 Å². The number of ether oxygens (including phenoxy) is 2. The lowest BCUT2D eigenvalue weighted by Crippen LogP contribution is -2.22. The maximum Gasteiger partial charge on any atom is 0.235 e. The Balaban J connectivity index is 1.95. The number of hydrogen-bond acceptors (Lipinski definition) is 4. The van der Waals surface area contributed by atoms with Crippen LogP contribution in [0.1, 0.15) is 25.5 Å². The average molecular weight is 239 g/mol. The largest absolute Gasteiger partial charge is 0.476 e. The fourth-order valence-electron chi connectivity index (χ4n) is 2.12. The number of nitrogens with zero attached hydrogens (tertiary/aromatic N) is 2. The molecule has 0 radical (unpaired) electrons. The first-order valence-electron chi connectivity index (χ1n) is 6.24. The highest BCUT2D eigenvalue weighted by Crippen LogP contribution is 2.26. The van der Waals surface area contributed by atoms with Crippen molar-refractivity contribution in [1.29, 1.82) is 0 Å². The molecule has 1 saturated heterocycles. The van der Waals surface area contributed by atoms with Crippen LogP contribution in [-0.4, -0.2) is 29.6 Å². The van der Waals surface area contributed by atoms with Crippen LogP contribution in [0, 0.1) is 5.92 Å². The highest BCUT2D eigenvalue weighted by Gasteiger charge is 2.18. The van der Waals surface area contributed by atoms with Crippen LogP contribution < -0.4 is 10.5 Å². The van der Waals surface area contributed by atoms with Gasteiger partial charge in [0.2, 0.25) is 5.88 Å². The summed E-state index contributed by atoms with van der Waals surface area (Å²) in [6, 6.07) is 0. The Morgan fingerprint density at radius 1 is 1.47 bits per heavy atom. The zero-order chi connectivity index (χ0) is 12.3. The minimum Gasteiger partial charge on any atom is -0.476 e. The lowest BCUT2D eigenvalue weighted by Gasteiger charge is -2.22. The third-order valence-corrected chi connectivity index (χ3v) is 3.24. The lowest BCUT2D eigenvalue weighted by molar-refractivity contribution is 0.0485. The van der Waals surface area contributed by atoms with Crippen LogP contribution in [0.4, 0.5) is 5.69 Å². The van der Waals surface area contributed by atoms with Crippen molar-refractivity contribution in [2.75, 3.05) is 25.6 Å². The zero-order valence-corrected chi connectivity index (χ0v) is 10.6. The molecule has 2 heterocycles. The van der Waals surface area contributed by atoms with Gasteiger partial charge in [-0.05, 0) is 25.2 Å². The van der Waals surface area contributed by atoms with E-state index >= 15 is 0 Å². The molecule has 0 aromatic carbocycles. The van der Waals surface area contributed by atoms with Crippen molar-refractivity contribution < 1.29 is 9.47 Å². The molecular formula is C12H21N3O2. The molecule has 0 saturated carbocycles. The van der Waals surface area contributed by atoms with Crippen LogP contribution in [0.2, 0.25) is 0 Å². The molecule has 0 unspecified atom stereocenters. The molecular weight excluding hydrogens is 218 g/mol. The van der Waals surface area contributed by atoms with Crippen LogP contribution in [-0.2, 0) is 18.2 Å². The zero-order valence-electron chi connectivity index (χ0n) is 10.6. The molecule has 5 heteroatoms. The highest BCUT2D eigenvalue weighted by molar-refractivity contribution is 5.53. The Bertz CT molecular complexity index is 370. The monoisotopic (exact) mass is 239 g/mol. The van der Waals surface area contributed by atoms with Gasteiger partial charge >= 0.3 is 0 Å². The summed E-state index contributed by atoms with van der Waals surface area (Å²) in [6.45, 7) is 4.43. The summed E-state index contributed by atoms with van der Waals surface area (Å²) >= 11 is 0. The summed E-state index contributed by atoms with van der Waals surface area (Å²) in [6.07, 6.45) is 2.97. The Kier molecular flexibility index (Phi) is 3.89. The van der Waals surface area contributed by atoms with Gasteiger partial charge in [-0.25, -0.2) is 4.68 Å². The Morgan fingerprint density at radius 3 is 2.76 bits per heavy atom. The van der Waals surface area contributed by atoms with Gasteiger partial charge in [-0.1, -0.05) is 6.92 Å². The van der Waals surface area contributed by atoms with E-state index in [9.17, 15) is 0 Å². The number of hydrogen-bond donors (Lipinski definition) is 1. The molecule has 0 atom stereocenters. The molecule has 1 aliphatic heterocycles. The average Bonchev–Trinajstić information content (AvgIpc) is 2.63. The molecule has 2 N–H and O–H groups in total. The first-order chi connectivity index (χ1) is 8.22. The molecule has 0 amide bonds. The van der Waals surface area contributed by atoms with Crippen molar-refractivity contribution in [3.63, 3.8) is 0 Å². The molecule has 1 aromatic heterocycles. The SMILES string of the molecule is CCc1nn(C)c(OCC2CCOCC2)c1N. The number of nitrogens with two attached hydrogens (primary N) is 1. The quantitative estimate of drug-likeness (QED) is 0.862. The van der Waals surface area contributed by atoms with E-state index in [1.54, 1.807) is 4.68 Å². The molecule has 2 rings (SSSR count). The van der Waals surface area contributed by atoms with Crippen LogP contribution in [0.5, 0.6) is 5.88 Å². The minimum absolute atomic E-state index is 0.572. The number of aromatic nitrogens is 2. The maximum absolute atomic E-state index is 6.00. The van der Waals surface area contributed by atoms with Crippen LogP contribution >= 0.6 is 0 Å². The molecule has 0 bridgehead atoms. The van der Waals surface area contributed by atoms with Crippen LogP contribution in [0.15, 0.2) is 0 Å². The fourth-order valence-corrected chi connectivity index (χ4v) is 2.12. The lowest BCUT2D eigenvalue weighted by atomic mass is 10.0. The van der Waals surface area contributed by atoms with Crippen molar-refractivity contribution >= 4 is 5.69 Å². The first kappa shape index (κ1) is 12.2. The van der Waals surface area contributed by atoms with E-state index < -0.39 is 0 Å². The van der Waals surface area contributed by atoms with Gasteiger partial charge in [0.15, 0.2) is 0 Å². The molecule has 96 valence electrons. The van der Waals surface area contributed by atoms with E-state index in [4.69, 9.17) is 15.2 Å². The number of rotatable bonds is 4. The van der Waals surface area contributed by atoms with E-state index in [2.05, 4.69) is 5.10 Å². The third kappa shape index (κ3) is 2.72. The minimum atomic E-state index is 0.572. The first-order valence-corrected chi connectivity index (χ1v) is 6.24. The van der Waals surface area contributed by atoms with Crippen molar-refractivity contribution in [3.8, 4) is 5.88 Å². The van der Waals surface area contributed by atoms with Crippen molar-refractivity contribution in [2.45, 2.75) is 26.2 Å². The van der Waals surface area contributed by atoms with Gasteiger partial charge in [-0.15, -0.1) is 0 Å². The van der Waals surface area contributed by atoms with E-state index in [0.29, 0.717) is 24.1 Å². The molecule has 0 aliphatic carbocycles. The van der Waals surface area contributed by atoms with Gasteiger partial charge in [0.1, 0.15) is 5.69 Å². The predicted molar refractivity (Wildman–Crippen MR) is 66.0 cm³/mol. The summed E-state index contributed by atoms with van der Waals surface area (Å²) in [5, 5.41) is 4.33. The highest BCUT2D eigenvalue weighted by atomic mass is 16.5. The predicted octanol–water partition coefficient (Wildman–Crippen LogP) is 1.37. The van der Waals surface area contributed by atoms with Crippen molar-refractivity contribution in [3.05, 3.63) is 5.69 Å². The fraction of sp³-hybridized carbons (Fsp3) is 0.750. The van der Waals surface area contributed by atoms with Gasteiger partial charge in [0.05, 0.1) is 12.3 Å². The summed E-state index contributed by atoms with van der Waals surface area (Å²) in [5.74, 6) is 1.27. The Labute approximate surface area is 102 Å². The molecule has 5 nitrogen and oxygen atoms in total. The Morgan fingerprint density at radius 2 is 2.18 bits per heavy atom. The van der Waals surface area contributed by atoms with E-state index in [1.165, 1.54) is 0 Å². The van der Waals surface area contributed by atoms with Crippen molar-refractivity contribution in [2.24, 2.45) is 13.0 Å². The van der Waals surface area contributed by atoms with Gasteiger partial charge in [-0.2, -0.15) is 5.10 Å². The Hall–Kier alpha value is -1.23. The molecule has 1 aromatic rings. The summed E-state index contributed by atoms with van der Waals surface area (Å²) in [5.41, 5.74) is 7.59. The maximum atomic E-state index is 6.00. The smallest absolute Gasteiger partial charge is 0.235 e. The van der Waals surface area contributed by atoms with E-state index in [0.717, 1.165) is 38.2 Å². The molecule has 0 spiro atoms. The standard InChI is InChI=1S/C12H21N3O2/c1-3-10-11(13)12(15(2)14-10)17-8-9-4-6-16-7-5-9/h9H,3-8,13H2,1-2H3. The van der Waals surface area contributed by atoms with E-state index in [-0.39, 0.29) is 0 Å². The second kappa shape index (κ2) is 5.40. The van der Waals surface area contributed by atoms with Gasteiger partial charge in [0, 0.05) is 20.3 Å². The number of aryl methyl sites for hydroxylation is 2. The normalized spacial score (nSPS) is 17.3. The second-order valence-electron chi connectivity index (χ2n) is 4.51. The third-order valence-electron chi connectivity index (χ3n) is 3.24. The summed E-state index contributed by atoms with van der Waals surface area (Å²) < 4.78 is 12.9. The number of anilines is 1. The van der Waals surface area contributed by atoms with Crippen LogP contribution in [0.3, 0.4) is 0 Å². The molecule has 1 aliphatic rings. The van der Waals surface area contributed by atoms with Gasteiger partial charge < -0.3 is 15.2 Å². The van der Waals surface area contributed by atoms with Crippen LogP contribution in [0.25, 0.3) is 0 Å². The summed E-state index contributed by atoms with van der Waals surface area (Å²) in [7, 11) is 1.87. The topological polar surface area (TPSA) is 62.3 Å². The van der Waals surface area contributed by atoms with Crippen molar-refractivity contribution in [1.82, 2.24) is 9.78 Å².